The molecule has 0 atom stereocenters. The van der Waals surface area contributed by atoms with Gasteiger partial charge in [-0.2, -0.15) is 0 Å². The van der Waals surface area contributed by atoms with Crippen LogP contribution in [0.1, 0.15) is 57.2 Å². The van der Waals surface area contributed by atoms with E-state index in [1.807, 2.05) is 32.0 Å². The van der Waals surface area contributed by atoms with Crippen LogP contribution in [0, 0.1) is 5.92 Å². The lowest BCUT2D eigenvalue weighted by Crippen LogP contribution is -2.43. The first kappa shape index (κ1) is 19.0. The molecule has 1 aliphatic carbocycles. The van der Waals surface area contributed by atoms with Gasteiger partial charge in [0, 0.05) is 35.4 Å². The second-order valence-electron chi connectivity index (χ2n) is 7.63. The zero-order chi connectivity index (χ0) is 18.5. The molecule has 2 aromatic rings. The summed E-state index contributed by atoms with van der Waals surface area (Å²) in [6.45, 7) is 5.41. The van der Waals surface area contributed by atoms with Gasteiger partial charge in [0.2, 0.25) is 5.91 Å². The number of rotatable bonds is 6. The Bertz CT molecular complexity index is 731. The molecule has 0 bridgehead atoms. The summed E-state index contributed by atoms with van der Waals surface area (Å²) in [5.41, 5.74) is 2.27. The Kier molecular flexibility index (Phi) is 6.42. The highest BCUT2D eigenvalue weighted by Gasteiger charge is 2.27. The molecule has 0 aliphatic heterocycles. The topological polar surface area (TPSA) is 25.2 Å². The zero-order valence-electron chi connectivity index (χ0n) is 15.8. The third-order valence-corrected chi connectivity index (χ3v) is 5.72. The molecular weight excluding hydrogens is 344 g/mol. The minimum atomic E-state index is 0.0314. The molecule has 0 spiro atoms. The van der Waals surface area contributed by atoms with E-state index in [0.29, 0.717) is 12.6 Å². The fourth-order valence-electron chi connectivity index (χ4n) is 3.84. The normalized spacial score (nSPS) is 15.4. The van der Waals surface area contributed by atoms with Crippen LogP contribution >= 0.6 is 11.6 Å². The number of aromatic nitrogens is 1. The second kappa shape index (κ2) is 8.77. The quantitative estimate of drug-likeness (QED) is 0.656. The number of amides is 1. The van der Waals surface area contributed by atoms with Gasteiger partial charge in [0.05, 0.1) is 6.54 Å². The van der Waals surface area contributed by atoms with E-state index in [1.54, 1.807) is 0 Å². The Morgan fingerprint density at radius 1 is 1.15 bits per heavy atom. The summed E-state index contributed by atoms with van der Waals surface area (Å²) in [6.07, 6.45) is 8.09. The van der Waals surface area contributed by atoms with E-state index in [1.165, 1.54) is 25.0 Å². The van der Waals surface area contributed by atoms with Crippen LogP contribution in [0.4, 0.5) is 0 Å². The molecule has 1 saturated carbocycles. The van der Waals surface area contributed by atoms with Crippen molar-refractivity contribution in [2.45, 2.75) is 65.1 Å². The number of nitrogens with zero attached hydrogens (tertiary/aromatic N) is 2. The lowest BCUT2D eigenvalue weighted by Gasteiger charge is -2.36. The largest absolute Gasteiger partial charge is 0.345 e. The molecule has 3 nitrogen and oxygen atoms in total. The molecule has 0 saturated heterocycles. The van der Waals surface area contributed by atoms with E-state index in [9.17, 15) is 4.79 Å². The van der Waals surface area contributed by atoms with Crippen molar-refractivity contribution in [2.24, 2.45) is 5.92 Å². The standard InChI is InChI=1S/C22H29ClN2O/c1-17(2)22(26)25(19-10-4-3-5-11-19)16-20-12-8-14-24(20)15-18-9-6-7-13-21(18)23/h6-9,12-14,17,19H,3-5,10-11,15-16H2,1-2H3. The fraction of sp³-hybridized carbons (Fsp3) is 0.500. The molecule has 1 heterocycles. The Labute approximate surface area is 162 Å². The minimum Gasteiger partial charge on any atom is -0.345 e. The van der Waals surface area contributed by atoms with Gasteiger partial charge in [-0.1, -0.05) is 62.9 Å². The Balaban J connectivity index is 1.80. The number of halogens is 1. The van der Waals surface area contributed by atoms with E-state index in [-0.39, 0.29) is 11.8 Å². The number of carbonyl (C=O) groups is 1. The van der Waals surface area contributed by atoms with Crippen LogP contribution in [0.5, 0.6) is 0 Å². The van der Waals surface area contributed by atoms with Crippen LogP contribution in [-0.2, 0) is 17.9 Å². The molecular formula is C22H29ClN2O. The van der Waals surface area contributed by atoms with Gasteiger partial charge in [-0.15, -0.1) is 0 Å². The summed E-state index contributed by atoms with van der Waals surface area (Å²) in [4.78, 5) is 15.0. The predicted octanol–water partition coefficient (Wildman–Crippen LogP) is 5.51. The number of benzene rings is 1. The smallest absolute Gasteiger partial charge is 0.225 e. The Hall–Kier alpha value is -1.74. The average Bonchev–Trinajstić information content (AvgIpc) is 3.08. The third-order valence-electron chi connectivity index (χ3n) is 5.35. The van der Waals surface area contributed by atoms with Crippen molar-refractivity contribution in [3.05, 3.63) is 58.9 Å². The van der Waals surface area contributed by atoms with Gasteiger partial charge in [-0.25, -0.2) is 0 Å². The van der Waals surface area contributed by atoms with Crippen LogP contribution in [0.2, 0.25) is 5.02 Å². The van der Waals surface area contributed by atoms with Crippen molar-refractivity contribution in [1.82, 2.24) is 9.47 Å². The lowest BCUT2D eigenvalue weighted by atomic mass is 9.93. The Morgan fingerprint density at radius 3 is 2.58 bits per heavy atom. The third kappa shape index (κ3) is 4.50. The molecule has 3 rings (SSSR count). The van der Waals surface area contributed by atoms with Gasteiger partial charge in [-0.05, 0) is 36.6 Å². The summed E-state index contributed by atoms with van der Waals surface area (Å²) in [7, 11) is 0. The molecule has 1 aromatic heterocycles. The molecule has 26 heavy (non-hydrogen) atoms. The van der Waals surface area contributed by atoms with E-state index < -0.39 is 0 Å². The lowest BCUT2D eigenvalue weighted by molar-refractivity contribution is -0.138. The molecule has 1 aliphatic rings. The number of hydrogen-bond acceptors (Lipinski definition) is 1. The molecule has 4 heteroatoms. The van der Waals surface area contributed by atoms with Gasteiger partial charge in [0.15, 0.2) is 0 Å². The van der Waals surface area contributed by atoms with Crippen molar-refractivity contribution < 1.29 is 4.79 Å². The van der Waals surface area contributed by atoms with Gasteiger partial charge in [-0.3, -0.25) is 4.79 Å². The van der Waals surface area contributed by atoms with Crippen molar-refractivity contribution in [3.63, 3.8) is 0 Å². The SMILES string of the molecule is CC(C)C(=O)N(Cc1cccn1Cc1ccccc1Cl)C1CCCCC1. The molecule has 1 amide bonds. The van der Waals surface area contributed by atoms with Crippen LogP contribution in [0.3, 0.4) is 0 Å². The minimum absolute atomic E-state index is 0.0314. The van der Waals surface area contributed by atoms with Crippen molar-refractivity contribution in [3.8, 4) is 0 Å². The maximum atomic E-state index is 12.9. The summed E-state index contributed by atoms with van der Waals surface area (Å²) in [5, 5.41) is 0.787. The summed E-state index contributed by atoms with van der Waals surface area (Å²) < 4.78 is 2.21. The van der Waals surface area contributed by atoms with Crippen molar-refractivity contribution in [2.75, 3.05) is 0 Å². The van der Waals surface area contributed by atoms with Crippen LogP contribution in [0.25, 0.3) is 0 Å². The molecule has 140 valence electrons. The molecule has 1 aromatic carbocycles. The fourth-order valence-corrected chi connectivity index (χ4v) is 4.04. The molecule has 0 radical (unpaired) electrons. The molecule has 1 fully saturated rings. The van der Waals surface area contributed by atoms with Gasteiger partial charge >= 0.3 is 0 Å². The predicted molar refractivity (Wildman–Crippen MR) is 107 cm³/mol. The second-order valence-corrected chi connectivity index (χ2v) is 8.04. The number of carbonyl (C=O) groups excluding carboxylic acids is 1. The molecule has 0 N–H and O–H groups in total. The highest BCUT2D eigenvalue weighted by atomic mass is 35.5. The van der Waals surface area contributed by atoms with Crippen LogP contribution in [-0.4, -0.2) is 21.4 Å². The number of hydrogen-bond donors (Lipinski definition) is 0. The first-order valence-corrected chi connectivity index (χ1v) is 10.1. The monoisotopic (exact) mass is 372 g/mol. The van der Waals surface area contributed by atoms with Crippen LogP contribution < -0.4 is 0 Å². The van der Waals surface area contributed by atoms with E-state index in [2.05, 4.69) is 33.9 Å². The van der Waals surface area contributed by atoms with Crippen molar-refractivity contribution in [1.29, 1.82) is 0 Å². The maximum Gasteiger partial charge on any atom is 0.225 e. The summed E-state index contributed by atoms with van der Waals surface area (Å²) in [6, 6.07) is 12.5. The van der Waals surface area contributed by atoms with Gasteiger partial charge < -0.3 is 9.47 Å². The molecule has 0 unspecified atom stereocenters. The van der Waals surface area contributed by atoms with Gasteiger partial charge in [0.1, 0.15) is 0 Å². The van der Waals surface area contributed by atoms with Gasteiger partial charge in [0.25, 0.3) is 0 Å². The first-order valence-electron chi connectivity index (χ1n) is 9.74. The van der Waals surface area contributed by atoms with Crippen LogP contribution in [0.15, 0.2) is 42.6 Å². The summed E-state index contributed by atoms with van der Waals surface area (Å²) in [5.74, 6) is 0.298. The average molecular weight is 373 g/mol. The van der Waals surface area contributed by atoms with Crippen molar-refractivity contribution >= 4 is 17.5 Å². The first-order chi connectivity index (χ1) is 12.6. The maximum absolute atomic E-state index is 12.9. The van der Waals surface area contributed by atoms with E-state index >= 15 is 0 Å². The zero-order valence-corrected chi connectivity index (χ0v) is 16.6. The summed E-state index contributed by atoms with van der Waals surface area (Å²) >= 11 is 6.34. The van der Waals surface area contributed by atoms with E-state index in [4.69, 9.17) is 11.6 Å². The Morgan fingerprint density at radius 2 is 1.88 bits per heavy atom. The highest BCUT2D eigenvalue weighted by Crippen LogP contribution is 2.26. The highest BCUT2D eigenvalue weighted by molar-refractivity contribution is 6.31. The van der Waals surface area contributed by atoms with E-state index in [0.717, 1.165) is 30.0 Å².